The van der Waals surface area contributed by atoms with E-state index in [1.807, 2.05) is 60.1 Å². The molecule has 0 radical (unpaired) electrons. The Morgan fingerprint density at radius 3 is 2.70 bits per heavy atom. The zero-order valence-electron chi connectivity index (χ0n) is 12.7. The molecule has 2 aromatic carbocycles. The van der Waals surface area contributed by atoms with Gasteiger partial charge in [-0.2, -0.15) is 5.10 Å². The van der Waals surface area contributed by atoms with Gasteiger partial charge in [-0.25, -0.2) is 9.67 Å². The number of methoxy groups -OCH3 is 1. The second-order valence-corrected chi connectivity index (χ2v) is 5.78. The predicted octanol–water partition coefficient (Wildman–Crippen LogP) is 4.54. The van der Waals surface area contributed by atoms with Gasteiger partial charge in [-0.15, -0.1) is 0 Å². The van der Waals surface area contributed by atoms with E-state index in [-0.39, 0.29) is 0 Å². The highest BCUT2D eigenvalue weighted by molar-refractivity contribution is 6.30. The van der Waals surface area contributed by atoms with E-state index in [0.717, 1.165) is 33.2 Å². The van der Waals surface area contributed by atoms with E-state index >= 15 is 0 Å². The van der Waals surface area contributed by atoms with Crippen LogP contribution in [0.1, 0.15) is 5.69 Å². The van der Waals surface area contributed by atoms with E-state index in [0.29, 0.717) is 10.9 Å². The molecule has 0 aliphatic heterocycles. The van der Waals surface area contributed by atoms with E-state index in [1.165, 1.54) is 0 Å². The van der Waals surface area contributed by atoms with Gasteiger partial charge >= 0.3 is 0 Å². The minimum absolute atomic E-state index is 0.587. The molecule has 2 heterocycles. The Balaban J connectivity index is 2.20. The van der Waals surface area contributed by atoms with Crippen molar-refractivity contribution in [2.45, 2.75) is 6.92 Å². The van der Waals surface area contributed by atoms with Crippen LogP contribution < -0.4 is 4.74 Å². The van der Waals surface area contributed by atoms with Gasteiger partial charge in [0.15, 0.2) is 0 Å². The minimum Gasteiger partial charge on any atom is -0.480 e. The molecule has 0 unspecified atom stereocenters. The summed E-state index contributed by atoms with van der Waals surface area (Å²) in [6, 6.07) is 15.6. The van der Waals surface area contributed by atoms with Crippen molar-refractivity contribution in [1.29, 1.82) is 0 Å². The topological polar surface area (TPSA) is 39.9 Å². The fourth-order valence-electron chi connectivity index (χ4n) is 2.91. The lowest BCUT2D eigenvalue weighted by Crippen LogP contribution is -1.97. The van der Waals surface area contributed by atoms with Gasteiger partial charge < -0.3 is 4.74 Å². The summed E-state index contributed by atoms with van der Waals surface area (Å²) in [5.74, 6) is 0.587. The largest absolute Gasteiger partial charge is 0.480 e. The molecule has 0 fully saturated rings. The minimum atomic E-state index is 0.587. The van der Waals surface area contributed by atoms with Crippen molar-refractivity contribution < 1.29 is 4.74 Å². The first-order valence-electron chi connectivity index (χ1n) is 7.27. The van der Waals surface area contributed by atoms with E-state index in [2.05, 4.69) is 4.98 Å². The summed E-state index contributed by atoms with van der Waals surface area (Å²) in [4.78, 5) is 4.61. The number of fused-ring (bicyclic) bond motifs is 3. The number of nitrogens with zero attached hydrogens (tertiary/aromatic N) is 3. The lowest BCUT2D eigenvalue weighted by molar-refractivity contribution is 0.405. The zero-order chi connectivity index (χ0) is 16.0. The van der Waals surface area contributed by atoms with Gasteiger partial charge in [0.1, 0.15) is 0 Å². The third kappa shape index (κ3) is 2.14. The number of rotatable bonds is 2. The van der Waals surface area contributed by atoms with Crippen molar-refractivity contribution >= 4 is 33.4 Å². The number of pyridine rings is 1. The number of para-hydroxylation sites is 1. The number of aryl methyl sites for hydroxylation is 1. The molecule has 0 amide bonds. The molecule has 0 bridgehead atoms. The molecule has 0 saturated heterocycles. The molecule has 0 N–H and O–H groups in total. The van der Waals surface area contributed by atoms with Crippen molar-refractivity contribution in [3.63, 3.8) is 0 Å². The van der Waals surface area contributed by atoms with Gasteiger partial charge in [0.25, 0.3) is 0 Å². The van der Waals surface area contributed by atoms with Crippen LogP contribution in [0.4, 0.5) is 0 Å². The second-order valence-electron chi connectivity index (χ2n) is 5.34. The highest BCUT2D eigenvalue weighted by Gasteiger charge is 2.18. The number of aromatic nitrogens is 3. The summed E-state index contributed by atoms with van der Waals surface area (Å²) < 4.78 is 7.40. The number of benzene rings is 2. The third-order valence-electron chi connectivity index (χ3n) is 3.90. The Bertz CT molecular complexity index is 1040. The van der Waals surface area contributed by atoms with Gasteiger partial charge in [-0.05, 0) is 31.2 Å². The molecule has 4 rings (SSSR count). The van der Waals surface area contributed by atoms with Crippen molar-refractivity contribution in [3.05, 3.63) is 59.2 Å². The summed E-state index contributed by atoms with van der Waals surface area (Å²) in [5, 5.41) is 7.33. The highest BCUT2D eigenvalue weighted by atomic mass is 35.5. The van der Waals surface area contributed by atoms with Gasteiger partial charge in [0.05, 0.1) is 34.9 Å². The first-order valence-corrected chi connectivity index (χ1v) is 7.65. The van der Waals surface area contributed by atoms with Crippen molar-refractivity contribution in [3.8, 4) is 11.6 Å². The Morgan fingerprint density at radius 1 is 1.09 bits per heavy atom. The van der Waals surface area contributed by atoms with Gasteiger partial charge in [0, 0.05) is 10.4 Å². The molecular formula is C18H14ClN3O. The molecule has 2 aromatic heterocycles. The summed E-state index contributed by atoms with van der Waals surface area (Å²) in [6.45, 7) is 1.96. The lowest BCUT2D eigenvalue weighted by Gasteiger charge is -2.08. The smallest absolute Gasteiger partial charge is 0.225 e. The fraction of sp³-hybridized carbons (Fsp3) is 0.111. The normalized spacial score (nSPS) is 11.3. The van der Waals surface area contributed by atoms with Crippen molar-refractivity contribution in [2.24, 2.45) is 0 Å². The van der Waals surface area contributed by atoms with Crippen LogP contribution in [-0.4, -0.2) is 21.9 Å². The SMILES string of the molecule is COc1nc2ccccc2c2c1c(C)nn2-c1cccc(Cl)c1. The van der Waals surface area contributed by atoms with Crippen LogP contribution in [0, 0.1) is 6.92 Å². The highest BCUT2D eigenvalue weighted by Crippen LogP contribution is 2.34. The van der Waals surface area contributed by atoms with E-state index < -0.39 is 0 Å². The predicted molar refractivity (Wildman–Crippen MR) is 92.7 cm³/mol. The van der Waals surface area contributed by atoms with Crippen LogP contribution in [0.25, 0.3) is 27.5 Å². The maximum Gasteiger partial charge on any atom is 0.225 e. The fourth-order valence-corrected chi connectivity index (χ4v) is 3.10. The van der Waals surface area contributed by atoms with Gasteiger partial charge in [-0.3, -0.25) is 0 Å². The lowest BCUT2D eigenvalue weighted by atomic mass is 10.1. The van der Waals surface area contributed by atoms with Crippen molar-refractivity contribution in [1.82, 2.24) is 14.8 Å². The molecule has 0 aliphatic rings. The van der Waals surface area contributed by atoms with Gasteiger partial charge in [0.2, 0.25) is 5.88 Å². The standard InChI is InChI=1S/C18H14ClN3O/c1-11-16-17(22(21-11)13-7-5-6-12(19)10-13)14-8-3-4-9-15(14)20-18(16)23-2/h3-10H,1-2H3. The summed E-state index contributed by atoms with van der Waals surface area (Å²) in [5.41, 5.74) is 3.64. The Morgan fingerprint density at radius 2 is 1.91 bits per heavy atom. The summed E-state index contributed by atoms with van der Waals surface area (Å²) >= 11 is 6.15. The second kappa shape index (κ2) is 5.25. The molecule has 4 nitrogen and oxygen atoms in total. The molecule has 0 spiro atoms. The average Bonchev–Trinajstić information content (AvgIpc) is 2.92. The molecule has 0 atom stereocenters. The molecule has 114 valence electrons. The van der Waals surface area contributed by atoms with Crippen LogP contribution in [-0.2, 0) is 0 Å². The van der Waals surface area contributed by atoms with E-state index in [9.17, 15) is 0 Å². The van der Waals surface area contributed by atoms with Crippen LogP contribution in [0.3, 0.4) is 0 Å². The Labute approximate surface area is 138 Å². The van der Waals surface area contributed by atoms with Crippen LogP contribution in [0.2, 0.25) is 5.02 Å². The molecule has 0 aliphatic carbocycles. The Kier molecular flexibility index (Phi) is 3.20. The van der Waals surface area contributed by atoms with Gasteiger partial charge in [-0.1, -0.05) is 35.9 Å². The summed E-state index contributed by atoms with van der Waals surface area (Å²) in [6.07, 6.45) is 0. The average molecular weight is 324 g/mol. The maximum absolute atomic E-state index is 6.15. The third-order valence-corrected chi connectivity index (χ3v) is 4.14. The molecular weight excluding hydrogens is 310 g/mol. The summed E-state index contributed by atoms with van der Waals surface area (Å²) in [7, 11) is 1.63. The van der Waals surface area contributed by atoms with E-state index in [4.69, 9.17) is 21.4 Å². The zero-order valence-corrected chi connectivity index (χ0v) is 13.5. The number of hydrogen-bond acceptors (Lipinski definition) is 3. The molecule has 4 aromatic rings. The first-order chi connectivity index (χ1) is 11.2. The van der Waals surface area contributed by atoms with Crippen molar-refractivity contribution in [2.75, 3.05) is 7.11 Å². The van der Waals surface area contributed by atoms with E-state index in [1.54, 1.807) is 7.11 Å². The van der Waals surface area contributed by atoms with Crippen LogP contribution >= 0.6 is 11.6 Å². The number of ether oxygens (including phenoxy) is 1. The quantitative estimate of drug-likeness (QED) is 0.543. The molecule has 5 heteroatoms. The number of hydrogen-bond donors (Lipinski definition) is 0. The number of halogens is 1. The van der Waals surface area contributed by atoms with Crippen LogP contribution in [0.15, 0.2) is 48.5 Å². The Hall–Kier alpha value is -2.59. The van der Waals surface area contributed by atoms with Crippen LogP contribution in [0.5, 0.6) is 5.88 Å². The molecule has 0 saturated carbocycles. The monoisotopic (exact) mass is 323 g/mol. The maximum atomic E-state index is 6.15. The first kappa shape index (κ1) is 14.0. The molecule has 23 heavy (non-hydrogen) atoms.